The first-order valence-electron chi connectivity index (χ1n) is 12.3. The van der Waals surface area contributed by atoms with Crippen molar-refractivity contribution in [2.45, 2.75) is 81.9 Å². The molecule has 2 heterocycles. The number of rotatable bonds is 4. The maximum absolute atomic E-state index is 6.92. The Bertz CT molecular complexity index is 889. The molecule has 2 aromatic rings. The quantitative estimate of drug-likeness (QED) is 0.541. The zero-order chi connectivity index (χ0) is 22.3. The van der Waals surface area contributed by atoms with Crippen LogP contribution in [-0.2, 0) is 9.47 Å². The van der Waals surface area contributed by atoms with Crippen LogP contribution in [0.1, 0.15) is 58.6 Å². The van der Waals surface area contributed by atoms with Gasteiger partial charge in [-0.25, -0.2) is 0 Å². The van der Waals surface area contributed by atoms with E-state index in [4.69, 9.17) is 9.47 Å². The molecule has 5 rings (SSSR count). The molecule has 0 aromatic heterocycles. The Morgan fingerprint density at radius 1 is 0.969 bits per heavy atom. The molecular formula is C28H37NO2Se. The molecule has 7 atom stereocenters. The van der Waals surface area contributed by atoms with Gasteiger partial charge in [0, 0.05) is 0 Å². The fourth-order valence-corrected chi connectivity index (χ4v) is 8.28. The minimum atomic E-state index is -0.0403. The molecule has 3 nitrogen and oxygen atoms in total. The maximum atomic E-state index is 6.92. The standard InChI is InChI=1S/C28H37NO2Se/c1-19-15-16-23-24(17-19)31-27-26(21-11-7-5-8-12-21)30-25(18-29(27)28(23,3)4)20(2)32-22-13-9-6-10-14-22/h5-14,19-20,23-27H,15-18H2,1-4H3/t19-,20-,23-,24-,25+,26+,27+/m1/s1. The minimum absolute atomic E-state index is 0.00775. The average Bonchev–Trinajstić information content (AvgIpc) is 2.79. The first-order valence-corrected chi connectivity index (χ1v) is 14.1. The van der Waals surface area contributed by atoms with Gasteiger partial charge < -0.3 is 0 Å². The summed E-state index contributed by atoms with van der Waals surface area (Å²) in [5.74, 6) is 1.35. The zero-order valence-electron chi connectivity index (χ0n) is 19.8. The van der Waals surface area contributed by atoms with E-state index in [1.54, 1.807) is 0 Å². The Morgan fingerprint density at radius 2 is 1.66 bits per heavy atom. The molecule has 1 saturated carbocycles. The summed E-state index contributed by atoms with van der Waals surface area (Å²) in [6.07, 6.45) is 4.27. The van der Waals surface area contributed by atoms with Crippen LogP contribution in [0.5, 0.6) is 0 Å². The molecule has 0 spiro atoms. The van der Waals surface area contributed by atoms with Crippen molar-refractivity contribution >= 4 is 19.4 Å². The van der Waals surface area contributed by atoms with E-state index in [1.165, 1.54) is 29.3 Å². The first kappa shape index (κ1) is 22.6. The number of morpholine rings is 1. The zero-order valence-corrected chi connectivity index (χ0v) is 21.5. The molecule has 0 unspecified atom stereocenters. The normalized spacial score (nSPS) is 35.5. The fraction of sp³-hybridized carbons (Fsp3) is 0.571. The van der Waals surface area contributed by atoms with Crippen LogP contribution in [0, 0.1) is 11.8 Å². The molecule has 4 heteroatoms. The van der Waals surface area contributed by atoms with E-state index >= 15 is 0 Å². The van der Waals surface area contributed by atoms with Crippen molar-refractivity contribution in [3.8, 4) is 0 Å². The van der Waals surface area contributed by atoms with Crippen molar-refractivity contribution < 1.29 is 9.47 Å². The molecule has 0 N–H and O–H groups in total. The Labute approximate surface area is 200 Å². The van der Waals surface area contributed by atoms with Crippen molar-refractivity contribution in [1.82, 2.24) is 4.90 Å². The van der Waals surface area contributed by atoms with Gasteiger partial charge in [0.15, 0.2) is 0 Å². The molecule has 2 aliphatic heterocycles. The third-order valence-corrected chi connectivity index (χ3v) is 10.6. The summed E-state index contributed by atoms with van der Waals surface area (Å²) in [5, 5.41) is 0. The van der Waals surface area contributed by atoms with E-state index in [-0.39, 0.29) is 24.0 Å². The van der Waals surface area contributed by atoms with Crippen LogP contribution in [0.15, 0.2) is 60.7 Å². The second-order valence-corrected chi connectivity index (χ2v) is 13.6. The van der Waals surface area contributed by atoms with Gasteiger partial charge in [0.05, 0.1) is 0 Å². The third-order valence-electron chi connectivity index (χ3n) is 8.00. The van der Waals surface area contributed by atoms with Gasteiger partial charge in [-0.3, -0.25) is 0 Å². The van der Waals surface area contributed by atoms with Gasteiger partial charge in [-0.2, -0.15) is 0 Å². The van der Waals surface area contributed by atoms with Crippen LogP contribution in [0.25, 0.3) is 0 Å². The van der Waals surface area contributed by atoms with E-state index in [1.807, 2.05) is 0 Å². The Balaban J connectivity index is 1.45. The van der Waals surface area contributed by atoms with E-state index < -0.39 is 0 Å². The molecule has 172 valence electrons. The topological polar surface area (TPSA) is 21.7 Å². The number of hydrogen-bond donors (Lipinski definition) is 0. The van der Waals surface area contributed by atoms with Crippen molar-refractivity contribution in [2.75, 3.05) is 6.54 Å². The van der Waals surface area contributed by atoms with Crippen molar-refractivity contribution in [1.29, 1.82) is 0 Å². The molecular weight excluding hydrogens is 461 g/mol. The van der Waals surface area contributed by atoms with Crippen LogP contribution in [-0.4, -0.2) is 50.4 Å². The molecule has 3 fully saturated rings. The SMILES string of the molecule is C[C@@H]1CC[C@@H]2[C@@H](C1)O[C@H]1[C@H](c3ccccc3)O[C@H]([C@@H](C)[Se]c3ccccc3)CN1C2(C)C. The summed E-state index contributed by atoms with van der Waals surface area (Å²) in [6.45, 7) is 10.6. The van der Waals surface area contributed by atoms with Gasteiger partial charge in [0.25, 0.3) is 0 Å². The van der Waals surface area contributed by atoms with E-state index in [0.717, 1.165) is 12.5 Å². The van der Waals surface area contributed by atoms with Crippen LogP contribution in [0.3, 0.4) is 0 Å². The molecule has 3 aliphatic rings. The first-order chi connectivity index (χ1) is 15.4. The second-order valence-electron chi connectivity index (χ2n) is 10.5. The predicted octanol–water partition coefficient (Wildman–Crippen LogP) is 5.21. The van der Waals surface area contributed by atoms with Crippen molar-refractivity contribution in [2.24, 2.45) is 11.8 Å². The van der Waals surface area contributed by atoms with Gasteiger partial charge in [-0.05, 0) is 0 Å². The summed E-state index contributed by atoms with van der Waals surface area (Å²) < 4.78 is 15.3. The Morgan fingerprint density at radius 3 is 2.38 bits per heavy atom. The van der Waals surface area contributed by atoms with E-state index in [9.17, 15) is 0 Å². The summed E-state index contributed by atoms with van der Waals surface area (Å²) in [5.41, 5.74) is 1.35. The van der Waals surface area contributed by atoms with E-state index in [0.29, 0.717) is 31.8 Å². The van der Waals surface area contributed by atoms with Crippen molar-refractivity contribution in [3.05, 3.63) is 66.2 Å². The molecule has 32 heavy (non-hydrogen) atoms. The number of nitrogens with zero attached hydrogens (tertiary/aromatic N) is 1. The van der Waals surface area contributed by atoms with Crippen molar-refractivity contribution in [3.63, 3.8) is 0 Å². The average molecular weight is 499 g/mol. The van der Waals surface area contributed by atoms with Gasteiger partial charge >= 0.3 is 200 Å². The third kappa shape index (κ3) is 4.33. The molecule has 0 radical (unpaired) electrons. The number of ether oxygens (including phenoxy) is 2. The van der Waals surface area contributed by atoms with Gasteiger partial charge in [-0.1, -0.05) is 0 Å². The van der Waals surface area contributed by atoms with Gasteiger partial charge in [0.1, 0.15) is 0 Å². The molecule has 0 bridgehead atoms. The molecule has 2 aromatic carbocycles. The van der Waals surface area contributed by atoms with Crippen LogP contribution in [0.2, 0.25) is 4.82 Å². The summed E-state index contributed by atoms with van der Waals surface area (Å²) in [7, 11) is 0. The summed E-state index contributed by atoms with van der Waals surface area (Å²) >= 11 is 0.379. The number of benzene rings is 2. The monoisotopic (exact) mass is 499 g/mol. The Hall–Kier alpha value is -1.16. The molecule has 1 aliphatic carbocycles. The van der Waals surface area contributed by atoms with Crippen LogP contribution >= 0.6 is 0 Å². The second kappa shape index (κ2) is 9.24. The fourth-order valence-electron chi connectivity index (χ4n) is 6.08. The predicted molar refractivity (Wildman–Crippen MR) is 131 cm³/mol. The summed E-state index contributed by atoms with van der Waals surface area (Å²) in [4.78, 5) is 3.17. The summed E-state index contributed by atoms with van der Waals surface area (Å²) in [6, 6.07) is 21.7. The number of hydrogen-bond acceptors (Lipinski definition) is 3. The molecule has 2 saturated heterocycles. The Kier molecular flexibility index (Phi) is 6.53. The number of fused-ring (bicyclic) bond motifs is 2. The van der Waals surface area contributed by atoms with Crippen LogP contribution in [0.4, 0.5) is 0 Å². The van der Waals surface area contributed by atoms with Gasteiger partial charge in [-0.15, -0.1) is 0 Å². The van der Waals surface area contributed by atoms with E-state index in [2.05, 4.69) is 93.3 Å². The molecule has 0 amide bonds. The van der Waals surface area contributed by atoms with Gasteiger partial charge in [0.2, 0.25) is 0 Å². The van der Waals surface area contributed by atoms with Crippen LogP contribution < -0.4 is 4.46 Å².